The van der Waals surface area contributed by atoms with Gasteiger partial charge in [0, 0.05) is 27.4 Å². The van der Waals surface area contributed by atoms with Crippen LogP contribution in [0.3, 0.4) is 0 Å². The summed E-state index contributed by atoms with van der Waals surface area (Å²) in [4.78, 5) is 12.4. The van der Waals surface area contributed by atoms with Gasteiger partial charge in [-0.05, 0) is 61.0 Å². The third kappa shape index (κ3) is 4.58. The molecule has 7 heteroatoms. The number of nitriles is 1. The van der Waals surface area contributed by atoms with Crippen molar-refractivity contribution >= 4 is 52.5 Å². The maximum absolute atomic E-state index is 12.4. The Balaban J connectivity index is 1.84. The van der Waals surface area contributed by atoms with Gasteiger partial charge in [-0.2, -0.15) is 5.26 Å². The van der Waals surface area contributed by atoms with Crippen LogP contribution in [0.5, 0.6) is 0 Å². The molecule has 140 valence electrons. The van der Waals surface area contributed by atoms with Crippen LogP contribution in [-0.2, 0) is 4.79 Å². The molecule has 2 aromatic carbocycles. The van der Waals surface area contributed by atoms with E-state index in [-0.39, 0.29) is 5.57 Å². The Morgan fingerprint density at radius 2 is 1.79 bits per heavy atom. The van der Waals surface area contributed by atoms with Gasteiger partial charge in [-0.1, -0.05) is 34.8 Å². The number of carbonyl (C=O) groups excluding carboxylic acids is 1. The van der Waals surface area contributed by atoms with Crippen LogP contribution in [0.2, 0.25) is 15.1 Å². The van der Waals surface area contributed by atoms with Gasteiger partial charge in [-0.25, -0.2) is 0 Å². The number of nitrogens with zero attached hydrogens (tertiary/aromatic N) is 1. The van der Waals surface area contributed by atoms with E-state index in [1.54, 1.807) is 48.5 Å². The summed E-state index contributed by atoms with van der Waals surface area (Å²) in [5, 5.41) is 13.6. The average Bonchev–Trinajstić information content (AvgIpc) is 3.10. The summed E-state index contributed by atoms with van der Waals surface area (Å²) in [6.45, 7) is 1.81. The minimum atomic E-state index is -0.546. The van der Waals surface area contributed by atoms with Crippen LogP contribution in [0.4, 0.5) is 5.69 Å². The Hall–Kier alpha value is -2.71. The number of nitrogens with one attached hydrogen (secondary N) is 1. The average molecular weight is 432 g/mol. The van der Waals surface area contributed by atoms with Gasteiger partial charge < -0.3 is 9.73 Å². The third-order valence-corrected chi connectivity index (χ3v) is 4.69. The van der Waals surface area contributed by atoms with Gasteiger partial charge in [0.1, 0.15) is 23.2 Å². The Morgan fingerprint density at radius 3 is 2.46 bits per heavy atom. The van der Waals surface area contributed by atoms with Crippen molar-refractivity contribution in [2.24, 2.45) is 0 Å². The van der Waals surface area contributed by atoms with E-state index in [0.29, 0.717) is 37.8 Å². The SMILES string of the molecule is Cc1cc(Cl)ccc1NC(=O)/C(C#N)=C/c1ccc(-c2ccc(Cl)cc2Cl)o1. The van der Waals surface area contributed by atoms with Gasteiger partial charge in [0.2, 0.25) is 0 Å². The van der Waals surface area contributed by atoms with Crippen molar-refractivity contribution in [3.05, 3.63) is 80.5 Å². The number of hydrogen-bond donors (Lipinski definition) is 1. The van der Waals surface area contributed by atoms with Crippen LogP contribution < -0.4 is 5.32 Å². The lowest BCUT2D eigenvalue weighted by Crippen LogP contribution is -2.14. The van der Waals surface area contributed by atoms with Crippen LogP contribution >= 0.6 is 34.8 Å². The molecule has 0 aliphatic carbocycles. The molecule has 4 nitrogen and oxygen atoms in total. The highest BCUT2D eigenvalue weighted by atomic mass is 35.5. The Bertz CT molecular complexity index is 1130. The van der Waals surface area contributed by atoms with E-state index in [0.717, 1.165) is 5.56 Å². The molecule has 1 heterocycles. The maximum Gasteiger partial charge on any atom is 0.266 e. The lowest BCUT2D eigenvalue weighted by molar-refractivity contribution is -0.112. The lowest BCUT2D eigenvalue weighted by atomic mass is 10.1. The number of amides is 1. The second-order valence-corrected chi connectivity index (χ2v) is 7.19. The molecule has 0 atom stereocenters. The first-order valence-electron chi connectivity index (χ1n) is 8.12. The van der Waals surface area contributed by atoms with Crippen molar-refractivity contribution in [3.63, 3.8) is 0 Å². The van der Waals surface area contributed by atoms with Crippen molar-refractivity contribution in [2.75, 3.05) is 5.32 Å². The smallest absolute Gasteiger partial charge is 0.266 e. The van der Waals surface area contributed by atoms with E-state index < -0.39 is 5.91 Å². The summed E-state index contributed by atoms with van der Waals surface area (Å²) in [5.74, 6) is 0.301. The zero-order valence-corrected chi connectivity index (χ0v) is 16.9. The Morgan fingerprint density at radius 1 is 1.07 bits per heavy atom. The van der Waals surface area contributed by atoms with Gasteiger partial charge in [0.05, 0.1) is 5.02 Å². The molecule has 1 amide bonds. The molecule has 0 bridgehead atoms. The largest absolute Gasteiger partial charge is 0.457 e. The minimum absolute atomic E-state index is 0.0996. The van der Waals surface area contributed by atoms with Crippen LogP contribution in [-0.4, -0.2) is 5.91 Å². The number of halogens is 3. The number of carbonyl (C=O) groups is 1. The van der Waals surface area contributed by atoms with Crippen molar-refractivity contribution in [1.82, 2.24) is 0 Å². The molecule has 0 spiro atoms. The van der Waals surface area contributed by atoms with Crippen LogP contribution in [0.1, 0.15) is 11.3 Å². The molecular weight excluding hydrogens is 419 g/mol. The maximum atomic E-state index is 12.4. The fraction of sp³-hybridized carbons (Fsp3) is 0.0476. The van der Waals surface area contributed by atoms with Gasteiger partial charge >= 0.3 is 0 Å². The zero-order valence-electron chi connectivity index (χ0n) is 14.6. The number of anilines is 1. The van der Waals surface area contributed by atoms with E-state index in [9.17, 15) is 10.1 Å². The molecule has 28 heavy (non-hydrogen) atoms. The van der Waals surface area contributed by atoms with Gasteiger partial charge in [-0.3, -0.25) is 4.79 Å². The molecule has 0 aliphatic rings. The topological polar surface area (TPSA) is 66.0 Å². The van der Waals surface area contributed by atoms with E-state index in [4.69, 9.17) is 39.2 Å². The number of rotatable bonds is 4. The van der Waals surface area contributed by atoms with E-state index in [1.807, 2.05) is 13.0 Å². The third-order valence-electron chi connectivity index (χ3n) is 3.91. The number of hydrogen-bond acceptors (Lipinski definition) is 3. The predicted octanol–water partition coefficient (Wildman–Crippen LogP) is 6.76. The summed E-state index contributed by atoms with van der Waals surface area (Å²) in [7, 11) is 0. The molecule has 0 aliphatic heterocycles. The van der Waals surface area contributed by atoms with Gasteiger partial charge in [0.25, 0.3) is 5.91 Å². The fourth-order valence-corrected chi connectivity index (χ4v) is 3.24. The molecular formula is C21H13Cl3N2O2. The van der Waals surface area contributed by atoms with E-state index >= 15 is 0 Å². The van der Waals surface area contributed by atoms with Crippen molar-refractivity contribution in [1.29, 1.82) is 5.26 Å². The van der Waals surface area contributed by atoms with Crippen molar-refractivity contribution < 1.29 is 9.21 Å². The number of benzene rings is 2. The van der Waals surface area contributed by atoms with Crippen LogP contribution in [0.25, 0.3) is 17.4 Å². The molecule has 0 radical (unpaired) electrons. The normalized spacial score (nSPS) is 11.2. The summed E-state index contributed by atoms with van der Waals surface area (Å²) in [5.41, 5.74) is 1.92. The molecule has 0 saturated heterocycles. The first-order valence-corrected chi connectivity index (χ1v) is 9.25. The van der Waals surface area contributed by atoms with E-state index in [2.05, 4.69) is 5.32 Å². The van der Waals surface area contributed by atoms with Gasteiger partial charge in [-0.15, -0.1) is 0 Å². The molecule has 0 unspecified atom stereocenters. The lowest BCUT2D eigenvalue weighted by Gasteiger charge is -2.07. The monoisotopic (exact) mass is 430 g/mol. The summed E-state index contributed by atoms with van der Waals surface area (Å²) in [6, 6.07) is 15.4. The molecule has 0 saturated carbocycles. The molecule has 0 fully saturated rings. The molecule has 1 aromatic heterocycles. The number of furan rings is 1. The zero-order chi connectivity index (χ0) is 20.3. The van der Waals surface area contributed by atoms with E-state index in [1.165, 1.54) is 6.08 Å². The summed E-state index contributed by atoms with van der Waals surface area (Å²) < 4.78 is 5.71. The van der Waals surface area contributed by atoms with Crippen LogP contribution in [0.15, 0.2) is 58.5 Å². The Labute approximate surface area is 176 Å². The Kier molecular flexibility index (Phi) is 6.11. The molecule has 3 aromatic rings. The summed E-state index contributed by atoms with van der Waals surface area (Å²) >= 11 is 18.0. The second kappa shape index (κ2) is 8.53. The second-order valence-electron chi connectivity index (χ2n) is 5.91. The number of aryl methyl sites for hydroxylation is 1. The fourth-order valence-electron chi connectivity index (χ4n) is 2.51. The van der Waals surface area contributed by atoms with Crippen molar-refractivity contribution in [2.45, 2.75) is 6.92 Å². The standard InChI is InChI=1S/C21H13Cl3N2O2/c1-12-8-14(22)3-6-19(12)26-21(27)13(11-25)9-16-4-7-20(28-16)17-5-2-15(23)10-18(17)24/h2-10H,1H3,(H,26,27)/b13-9+. The molecule has 3 rings (SSSR count). The quantitative estimate of drug-likeness (QED) is 0.366. The highest BCUT2D eigenvalue weighted by molar-refractivity contribution is 6.36. The van der Waals surface area contributed by atoms with Gasteiger partial charge in [0.15, 0.2) is 0 Å². The first-order chi connectivity index (χ1) is 13.4. The summed E-state index contributed by atoms with van der Waals surface area (Å²) in [6.07, 6.45) is 1.37. The van der Waals surface area contributed by atoms with Crippen molar-refractivity contribution in [3.8, 4) is 17.4 Å². The highest BCUT2D eigenvalue weighted by Gasteiger charge is 2.13. The predicted molar refractivity (Wildman–Crippen MR) is 113 cm³/mol. The molecule has 1 N–H and O–H groups in total. The highest BCUT2D eigenvalue weighted by Crippen LogP contribution is 2.32. The first kappa shape index (κ1) is 20.0. The van der Waals surface area contributed by atoms with Crippen LogP contribution in [0, 0.1) is 18.3 Å². The minimum Gasteiger partial charge on any atom is -0.457 e.